The zero-order valence-electron chi connectivity index (χ0n) is 10.3. The Bertz CT molecular complexity index is 202. The highest BCUT2D eigenvalue weighted by Gasteiger charge is 2.14. The van der Waals surface area contributed by atoms with E-state index in [2.05, 4.69) is 31.1 Å². The van der Waals surface area contributed by atoms with Crippen LogP contribution < -0.4 is 5.32 Å². The molecule has 2 nitrogen and oxygen atoms in total. The van der Waals surface area contributed by atoms with Crippen LogP contribution in [-0.4, -0.2) is 23.5 Å². The van der Waals surface area contributed by atoms with Crippen LogP contribution >= 0.6 is 11.8 Å². The summed E-state index contributed by atoms with van der Waals surface area (Å²) in [6.07, 6.45) is 5.01. The van der Waals surface area contributed by atoms with Gasteiger partial charge in [0, 0.05) is 18.3 Å². The lowest BCUT2D eigenvalue weighted by atomic mass is 10.1. The van der Waals surface area contributed by atoms with Gasteiger partial charge in [-0.2, -0.15) is 0 Å². The lowest BCUT2D eigenvalue weighted by Gasteiger charge is -2.24. The van der Waals surface area contributed by atoms with Crippen LogP contribution in [0.2, 0.25) is 0 Å². The van der Waals surface area contributed by atoms with Crippen LogP contribution in [0, 0.1) is 5.92 Å². The van der Waals surface area contributed by atoms with Crippen molar-refractivity contribution < 1.29 is 0 Å². The minimum Gasteiger partial charge on any atom is -0.362 e. The minimum absolute atomic E-state index is 0.662. The Balaban J connectivity index is 2.20. The summed E-state index contributed by atoms with van der Waals surface area (Å²) in [4.78, 5) is 4.62. The van der Waals surface area contributed by atoms with Crippen molar-refractivity contribution in [3.05, 3.63) is 0 Å². The van der Waals surface area contributed by atoms with Gasteiger partial charge < -0.3 is 5.32 Å². The number of hydrogen-bond acceptors (Lipinski definition) is 2. The Labute approximate surface area is 98.3 Å². The van der Waals surface area contributed by atoms with Crippen molar-refractivity contribution in [2.24, 2.45) is 10.9 Å². The van der Waals surface area contributed by atoms with Crippen LogP contribution in [-0.2, 0) is 0 Å². The maximum absolute atomic E-state index is 4.62. The van der Waals surface area contributed by atoms with E-state index in [1.165, 1.54) is 36.6 Å². The van der Waals surface area contributed by atoms with Crippen molar-refractivity contribution in [2.45, 2.75) is 52.5 Å². The van der Waals surface area contributed by atoms with E-state index < -0.39 is 0 Å². The van der Waals surface area contributed by atoms with Crippen LogP contribution in [0.25, 0.3) is 0 Å². The maximum Gasteiger partial charge on any atom is 0.156 e. The van der Waals surface area contributed by atoms with Gasteiger partial charge in [0.25, 0.3) is 0 Å². The maximum atomic E-state index is 4.62. The molecule has 0 spiro atoms. The Morgan fingerprint density at radius 1 is 1.53 bits per heavy atom. The SMILES string of the molecule is CCC1CCSC(=NCCCC(C)C)N1. The smallest absolute Gasteiger partial charge is 0.156 e. The Hall–Kier alpha value is -0.180. The summed E-state index contributed by atoms with van der Waals surface area (Å²) in [6, 6.07) is 0.662. The van der Waals surface area contributed by atoms with E-state index in [-0.39, 0.29) is 0 Å². The number of nitrogens with one attached hydrogen (secondary N) is 1. The molecule has 3 heteroatoms. The van der Waals surface area contributed by atoms with Crippen molar-refractivity contribution in [1.29, 1.82) is 0 Å². The standard InChI is InChI=1S/C12H24N2S/c1-4-11-7-9-15-12(14-11)13-8-5-6-10(2)3/h10-11H,4-9H2,1-3H3,(H,13,14). The molecule has 0 aromatic carbocycles. The number of aliphatic imine (C=N–C) groups is 1. The third-order valence-electron chi connectivity index (χ3n) is 2.72. The molecule has 15 heavy (non-hydrogen) atoms. The summed E-state index contributed by atoms with van der Waals surface area (Å²) in [7, 11) is 0. The zero-order chi connectivity index (χ0) is 11.1. The van der Waals surface area contributed by atoms with Gasteiger partial charge in [0.15, 0.2) is 5.17 Å². The molecular weight excluding hydrogens is 204 g/mol. The third-order valence-corrected chi connectivity index (χ3v) is 3.68. The van der Waals surface area contributed by atoms with Crippen molar-refractivity contribution in [1.82, 2.24) is 5.32 Å². The average molecular weight is 228 g/mol. The van der Waals surface area contributed by atoms with E-state index in [0.29, 0.717) is 6.04 Å². The number of hydrogen-bond donors (Lipinski definition) is 1. The Morgan fingerprint density at radius 2 is 2.33 bits per heavy atom. The highest BCUT2D eigenvalue weighted by atomic mass is 32.2. The van der Waals surface area contributed by atoms with Crippen LogP contribution in [0.5, 0.6) is 0 Å². The second-order valence-corrected chi connectivity index (χ2v) is 5.69. The average Bonchev–Trinajstić information content (AvgIpc) is 2.24. The molecule has 0 saturated carbocycles. The predicted molar refractivity (Wildman–Crippen MR) is 70.7 cm³/mol. The van der Waals surface area contributed by atoms with E-state index in [0.717, 1.165) is 12.5 Å². The Kier molecular flexibility index (Phi) is 6.15. The van der Waals surface area contributed by atoms with E-state index in [1.807, 2.05) is 11.8 Å². The first-order valence-electron chi connectivity index (χ1n) is 6.16. The first-order chi connectivity index (χ1) is 7.22. The molecule has 0 aliphatic carbocycles. The van der Waals surface area contributed by atoms with Gasteiger partial charge in [-0.15, -0.1) is 0 Å². The summed E-state index contributed by atoms with van der Waals surface area (Å²) in [6.45, 7) is 7.77. The highest BCUT2D eigenvalue weighted by Crippen LogP contribution is 2.15. The summed E-state index contributed by atoms with van der Waals surface area (Å²) >= 11 is 1.88. The zero-order valence-corrected chi connectivity index (χ0v) is 11.1. The normalized spacial score (nSPS) is 24.5. The quantitative estimate of drug-likeness (QED) is 0.730. The molecule has 1 aliphatic rings. The van der Waals surface area contributed by atoms with Gasteiger partial charge in [-0.25, -0.2) is 0 Å². The van der Waals surface area contributed by atoms with Crippen molar-refractivity contribution in [2.75, 3.05) is 12.3 Å². The molecule has 1 rings (SSSR count). The number of rotatable bonds is 5. The first-order valence-corrected chi connectivity index (χ1v) is 7.14. The fourth-order valence-corrected chi connectivity index (χ4v) is 2.69. The molecule has 1 atom stereocenters. The molecule has 1 aliphatic heterocycles. The van der Waals surface area contributed by atoms with Gasteiger partial charge in [-0.05, 0) is 31.6 Å². The molecule has 0 bridgehead atoms. The molecule has 1 fully saturated rings. The molecule has 0 aromatic rings. The summed E-state index contributed by atoms with van der Waals surface area (Å²) in [5, 5.41) is 4.68. The summed E-state index contributed by atoms with van der Waals surface area (Å²) < 4.78 is 0. The van der Waals surface area contributed by atoms with Gasteiger partial charge in [0.2, 0.25) is 0 Å². The fourth-order valence-electron chi connectivity index (χ4n) is 1.66. The molecule has 0 radical (unpaired) electrons. The number of amidine groups is 1. The lowest BCUT2D eigenvalue weighted by Crippen LogP contribution is -2.37. The topological polar surface area (TPSA) is 24.4 Å². The molecule has 1 unspecified atom stereocenters. The van der Waals surface area contributed by atoms with Crippen molar-refractivity contribution in [3.63, 3.8) is 0 Å². The first kappa shape index (κ1) is 12.9. The molecular formula is C12H24N2S. The molecule has 0 amide bonds. The number of nitrogens with zero attached hydrogens (tertiary/aromatic N) is 1. The second-order valence-electron chi connectivity index (χ2n) is 4.61. The molecule has 0 aromatic heterocycles. The van der Waals surface area contributed by atoms with Gasteiger partial charge in [-0.3, -0.25) is 4.99 Å². The van der Waals surface area contributed by atoms with Crippen LogP contribution in [0.15, 0.2) is 4.99 Å². The van der Waals surface area contributed by atoms with Crippen molar-refractivity contribution in [3.8, 4) is 0 Å². The molecule has 1 N–H and O–H groups in total. The summed E-state index contributed by atoms with van der Waals surface area (Å²) in [5.41, 5.74) is 0. The lowest BCUT2D eigenvalue weighted by molar-refractivity contribution is 0.555. The van der Waals surface area contributed by atoms with E-state index in [9.17, 15) is 0 Å². The third kappa shape index (κ3) is 5.45. The summed E-state index contributed by atoms with van der Waals surface area (Å²) in [5.74, 6) is 2.04. The fraction of sp³-hybridized carbons (Fsp3) is 0.917. The van der Waals surface area contributed by atoms with Gasteiger partial charge >= 0.3 is 0 Å². The monoisotopic (exact) mass is 228 g/mol. The van der Waals surface area contributed by atoms with E-state index in [4.69, 9.17) is 0 Å². The predicted octanol–water partition coefficient (Wildman–Crippen LogP) is 3.28. The molecule has 88 valence electrons. The van der Waals surface area contributed by atoms with Crippen LogP contribution in [0.3, 0.4) is 0 Å². The second kappa shape index (κ2) is 7.15. The number of thioether (sulfide) groups is 1. The van der Waals surface area contributed by atoms with Crippen LogP contribution in [0.1, 0.15) is 46.5 Å². The van der Waals surface area contributed by atoms with Gasteiger partial charge in [-0.1, -0.05) is 32.5 Å². The molecule has 1 saturated heterocycles. The van der Waals surface area contributed by atoms with E-state index >= 15 is 0 Å². The minimum atomic E-state index is 0.662. The van der Waals surface area contributed by atoms with Crippen molar-refractivity contribution >= 4 is 16.9 Å². The van der Waals surface area contributed by atoms with Crippen LogP contribution in [0.4, 0.5) is 0 Å². The van der Waals surface area contributed by atoms with Gasteiger partial charge in [0.05, 0.1) is 0 Å². The van der Waals surface area contributed by atoms with Gasteiger partial charge in [0.1, 0.15) is 0 Å². The van der Waals surface area contributed by atoms with E-state index in [1.54, 1.807) is 0 Å². The highest BCUT2D eigenvalue weighted by molar-refractivity contribution is 8.13. The largest absolute Gasteiger partial charge is 0.362 e. The molecule has 1 heterocycles. The Morgan fingerprint density at radius 3 is 3.00 bits per heavy atom.